The molecule has 9 heteroatoms. The van der Waals surface area contributed by atoms with E-state index in [1.807, 2.05) is 0 Å². The van der Waals surface area contributed by atoms with Crippen molar-refractivity contribution in [2.75, 3.05) is 13.1 Å². The molecule has 0 bridgehead atoms. The lowest BCUT2D eigenvalue weighted by Crippen LogP contribution is -2.45. The van der Waals surface area contributed by atoms with Gasteiger partial charge >= 0.3 is 0 Å². The lowest BCUT2D eigenvalue weighted by molar-refractivity contribution is 0.227. The Morgan fingerprint density at radius 2 is 1.89 bits per heavy atom. The zero-order valence-electron chi connectivity index (χ0n) is 16.1. The van der Waals surface area contributed by atoms with Crippen LogP contribution in [-0.2, 0) is 21.9 Å². The van der Waals surface area contributed by atoms with Crippen molar-refractivity contribution in [3.63, 3.8) is 0 Å². The Morgan fingerprint density at radius 1 is 1.18 bits per heavy atom. The molecule has 2 aliphatic carbocycles. The van der Waals surface area contributed by atoms with Crippen LogP contribution in [0.25, 0.3) is 0 Å². The summed E-state index contributed by atoms with van der Waals surface area (Å²) in [7, 11) is -3.63. The molecule has 0 unspecified atom stereocenters. The van der Waals surface area contributed by atoms with Gasteiger partial charge in [-0.1, -0.05) is 5.16 Å². The Hall–Kier alpha value is -2.00. The van der Waals surface area contributed by atoms with Crippen molar-refractivity contribution in [1.29, 1.82) is 0 Å². The SMILES string of the molecule is Cc1noc(C)c1S(=O)(=O)N1CCC2(CCc3c2nc(C2CC2)[nH]c3=O)CC1. The van der Waals surface area contributed by atoms with Crippen LogP contribution in [0.5, 0.6) is 0 Å². The fourth-order valence-electron chi connectivity index (χ4n) is 4.83. The van der Waals surface area contributed by atoms with Gasteiger partial charge in [0, 0.05) is 30.0 Å². The zero-order valence-corrected chi connectivity index (χ0v) is 16.9. The van der Waals surface area contributed by atoms with Gasteiger partial charge in [-0.25, -0.2) is 13.4 Å². The highest BCUT2D eigenvalue weighted by molar-refractivity contribution is 7.89. The molecule has 0 amide bonds. The number of aryl methyl sites for hydroxylation is 2. The molecule has 2 aromatic rings. The maximum atomic E-state index is 13.1. The average Bonchev–Trinajstić information content (AvgIpc) is 3.37. The topological polar surface area (TPSA) is 109 Å². The van der Waals surface area contributed by atoms with Crippen LogP contribution in [0, 0.1) is 13.8 Å². The number of hydrogen-bond acceptors (Lipinski definition) is 6. The summed E-state index contributed by atoms with van der Waals surface area (Å²) in [5, 5.41) is 3.79. The number of nitrogens with one attached hydrogen (secondary N) is 1. The molecule has 150 valence electrons. The van der Waals surface area contributed by atoms with E-state index in [9.17, 15) is 13.2 Å². The van der Waals surface area contributed by atoms with Crippen molar-refractivity contribution in [2.24, 2.45) is 0 Å². The number of hydrogen-bond donors (Lipinski definition) is 1. The standard InChI is InChI=1S/C19H24N4O4S/c1-11-15(12(2)27-22-11)28(25,26)23-9-7-19(8-10-23)6-5-14-16(19)20-17(13-3-4-13)21-18(14)24/h13H,3-10H2,1-2H3,(H,20,21,24). The van der Waals surface area contributed by atoms with Crippen LogP contribution < -0.4 is 5.56 Å². The lowest BCUT2D eigenvalue weighted by Gasteiger charge is -2.38. The summed E-state index contributed by atoms with van der Waals surface area (Å²) in [6.07, 6.45) is 5.12. The second-order valence-corrected chi connectivity index (χ2v) is 10.3. The van der Waals surface area contributed by atoms with Crippen molar-refractivity contribution >= 4 is 10.0 Å². The Kier molecular flexibility index (Phi) is 3.87. The van der Waals surface area contributed by atoms with E-state index in [2.05, 4.69) is 10.1 Å². The third-order valence-corrected chi connectivity index (χ3v) is 8.74. The quantitative estimate of drug-likeness (QED) is 0.837. The average molecular weight is 404 g/mol. The van der Waals surface area contributed by atoms with Crippen LogP contribution >= 0.6 is 0 Å². The Labute approximate surface area is 163 Å². The van der Waals surface area contributed by atoms with E-state index in [0.29, 0.717) is 43.3 Å². The molecule has 0 radical (unpaired) electrons. The number of nitrogens with zero attached hydrogens (tertiary/aromatic N) is 3. The molecule has 28 heavy (non-hydrogen) atoms. The third-order valence-electron chi connectivity index (χ3n) is 6.60. The summed E-state index contributed by atoms with van der Waals surface area (Å²) in [5.74, 6) is 1.53. The minimum atomic E-state index is -3.63. The largest absolute Gasteiger partial charge is 0.360 e. The normalized spacial score (nSPS) is 21.9. The molecule has 2 aromatic heterocycles. The predicted octanol–water partition coefficient (Wildman–Crippen LogP) is 1.92. The van der Waals surface area contributed by atoms with E-state index in [-0.39, 0.29) is 15.9 Å². The molecule has 5 rings (SSSR count). The Morgan fingerprint density at radius 3 is 2.50 bits per heavy atom. The smallest absolute Gasteiger partial charge is 0.254 e. The van der Waals surface area contributed by atoms with E-state index in [1.54, 1.807) is 13.8 Å². The third kappa shape index (κ3) is 2.59. The zero-order chi connectivity index (χ0) is 19.7. The molecule has 1 spiro atoms. The van der Waals surface area contributed by atoms with Gasteiger partial charge in [-0.15, -0.1) is 0 Å². The van der Waals surface area contributed by atoms with Crippen molar-refractivity contribution in [3.8, 4) is 0 Å². The molecule has 0 aromatic carbocycles. The van der Waals surface area contributed by atoms with Crippen LogP contribution in [0.1, 0.15) is 66.6 Å². The van der Waals surface area contributed by atoms with Crippen molar-refractivity contribution in [1.82, 2.24) is 19.4 Å². The number of fused-ring (bicyclic) bond motifs is 2. The van der Waals surface area contributed by atoms with Crippen molar-refractivity contribution in [2.45, 2.75) is 68.6 Å². The van der Waals surface area contributed by atoms with E-state index >= 15 is 0 Å². The number of sulfonamides is 1. The van der Waals surface area contributed by atoms with Gasteiger partial charge in [-0.3, -0.25) is 4.79 Å². The molecule has 2 fully saturated rings. The maximum absolute atomic E-state index is 13.1. The van der Waals surface area contributed by atoms with E-state index in [1.165, 1.54) is 4.31 Å². The van der Waals surface area contributed by atoms with Gasteiger partial charge < -0.3 is 9.51 Å². The van der Waals surface area contributed by atoms with Gasteiger partial charge in [0.2, 0.25) is 10.0 Å². The molecule has 0 atom stereocenters. The first-order valence-electron chi connectivity index (χ1n) is 9.88. The maximum Gasteiger partial charge on any atom is 0.254 e. The fourth-order valence-corrected chi connectivity index (χ4v) is 6.56. The number of H-pyrrole nitrogens is 1. The lowest BCUT2D eigenvalue weighted by atomic mass is 9.76. The molecule has 1 saturated heterocycles. The van der Waals surface area contributed by atoms with Crippen molar-refractivity contribution < 1.29 is 12.9 Å². The van der Waals surface area contributed by atoms with Gasteiger partial charge in [0.15, 0.2) is 5.76 Å². The van der Waals surface area contributed by atoms with E-state index < -0.39 is 10.0 Å². The molecular formula is C19H24N4O4S. The van der Waals surface area contributed by atoms with Gasteiger partial charge in [0.05, 0.1) is 5.69 Å². The molecule has 1 aliphatic heterocycles. The van der Waals surface area contributed by atoms with Gasteiger partial charge in [0.25, 0.3) is 5.56 Å². The number of aromatic amines is 1. The summed E-state index contributed by atoms with van der Waals surface area (Å²) < 4.78 is 32.8. The summed E-state index contributed by atoms with van der Waals surface area (Å²) in [4.78, 5) is 20.5. The second-order valence-electron chi connectivity index (χ2n) is 8.39. The van der Waals surface area contributed by atoms with Crippen molar-refractivity contribution in [3.05, 3.63) is 38.9 Å². The molecule has 3 heterocycles. The van der Waals surface area contributed by atoms with Gasteiger partial charge in [0.1, 0.15) is 16.4 Å². The minimum absolute atomic E-state index is 0.00505. The second kappa shape index (κ2) is 6.00. The monoisotopic (exact) mass is 404 g/mol. The first kappa shape index (κ1) is 18.1. The number of rotatable bonds is 3. The van der Waals surface area contributed by atoms with Crippen LogP contribution in [0.2, 0.25) is 0 Å². The molecular weight excluding hydrogens is 380 g/mol. The summed E-state index contributed by atoms with van der Waals surface area (Å²) in [5.41, 5.74) is 1.93. The summed E-state index contributed by atoms with van der Waals surface area (Å²) >= 11 is 0. The Bertz CT molecular complexity index is 1090. The number of piperidine rings is 1. The first-order chi connectivity index (χ1) is 13.3. The first-order valence-corrected chi connectivity index (χ1v) is 11.3. The molecule has 1 N–H and O–H groups in total. The highest BCUT2D eigenvalue weighted by Crippen LogP contribution is 2.46. The minimum Gasteiger partial charge on any atom is -0.360 e. The predicted molar refractivity (Wildman–Crippen MR) is 101 cm³/mol. The molecule has 1 saturated carbocycles. The number of aromatic nitrogens is 3. The van der Waals surface area contributed by atoms with Crippen LogP contribution in [0.15, 0.2) is 14.2 Å². The van der Waals surface area contributed by atoms with Crippen LogP contribution in [0.4, 0.5) is 0 Å². The van der Waals surface area contributed by atoms with E-state index in [0.717, 1.165) is 42.8 Å². The van der Waals surface area contributed by atoms with Crippen LogP contribution in [-0.4, -0.2) is 40.9 Å². The van der Waals surface area contributed by atoms with Crippen LogP contribution in [0.3, 0.4) is 0 Å². The Balaban J connectivity index is 1.44. The molecule has 3 aliphatic rings. The summed E-state index contributed by atoms with van der Waals surface area (Å²) in [6, 6.07) is 0. The van der Waals surface area contributed by atoms with Gasteiger partial charge in [-0.2, -0.15) is 4.31 Å². The highest BCUT2D eigenvalue weighted by atomic mass is 32.2. The van der Waals surface area contributed by atoms with E-state index in [4.69, 9.17) is 9.51 Å². The fraction of sp³-hybridized carbons (Fsp3) is 0.632. The summed E-state index contributed by atoms with van der Waals surface area (Å²) in [6.45, 7) is 4.11. The molecule has 8 nitrogen and oxygen atoms in total. The van der Waals surface area contributed by atoms with Gasteiger partial charge in [-0.05, 0) is 52.4 Å². The highest BCUT2D eigenvalue weighted by Gasteiger charge is 2.47.